The number of ether oxygens (including phenoxy) is 2. The summed E-state index contributed by atoms with van der Waals surface area (Å²) in [6.45, 7) is 0.769. The van der Waals surface area contributed by atoms with Gasteiger partial charge in [0, 0.05) is 30.2 Å². The molecule has 0 N–H and O–H groups in total. The minimum Gasteiger partial charge on any atom is -0.497 e. The molecule has 1 saturated heterocycles. The molecule has 1 fully saturated rings. The van der Waals surface area contributed by atoms with E-state index < -0.39 is 0 Å². The van der Waals surface area contributed by atoms with Crippen molar-refractivity contribution in [3.05, 3.63) is 78.1 Å². The monoisotopic (exact) mass is 390 g/mol. The van der Waals surface area contributed by atoms with Crippen molar-refractivity contribution in [2.45, 2.75) is 25.3 Å². The van der Waals surface area contributed by atoms with Gasteiger partial charge in [-0.25, -0.2) is 0 Å². The largest absolute Gasteiger partial charge is 0.497 e. The van der Waals surface area contributed by atoms with Crippen LogP contribution in [0, 0.1) is 0 Å². The maximum atomic E-state index is 13.1. The highest BCUT2D eigenvalue weighted by Gasteiger charge is 2.32. The molecule has 3 aromatic rings. The summed E-state index contributed by atoms with van der Waals surface area (Å²) in [5, 5.41) is 0. The third kappa shape index (κ3) is 3.99. The van der Waals surface area contributed by atoms with Crippen molar-refractivity contribution >= 4 is 5.91 Å². The average molecular weight is 390 g/mol. The first kappa shape index (κ1) is 19.1. The Hall–Kier alpha value is -3.21. The molecule has 1 unspecified atom stereocenters. The Morgan fingerprint density at radius 1 is 1.03 bits per heavy atom. The van der Waals surface area contributed by atoms with Crippen LogP contribution in [0.4, 0.5) is 0 Å². The third-order valence-corrected chi connectivity index (χ3v) is 5.56. The molecule has 0 saturated carbocycles. The van der Waals surface area contributed by atoms with Crippen LogP contribution in [0.5, 0.6) is 11.5 Å². The van der Waals surface area contributed by atoms with E-state index in [1.165, 1.54) is 0 Å². The van der Waals surface area contributed by atoms with Crippen LogP contribution in [-0.2, 0) is 11.2 Å². The minimum atomic E-state index is 0.0201. The van der Waals surface area contributed by atoms with Crippen LogP contribution in [0.3, 0.4) is 0 Å². The van der Waals surface area contributed by atoms with E-state index in [-0.39, 0.29) is 11.9 Å². The summed E-state index contributed by atoms with van der Waals surface area (Å²) in [6.07, 6.45) is 6.34. The van der Waals surface area contributed by atoms with Gasteiger partial charge in [-0.3, -0.25) is 4.79 Å². The molecule has 1 aromatic heterocycles. The van der Waals surface area contributed by atoms with Crippen molar-refractivity contribution in [2.24, 2.45) is 0 Å². The predicted molar refractivity (Wildman–Crippen MR) is 113 cm³/mol. The molecule has 29 heavy (non-hydrogen) atoms. The third-order valence-electron chi connectivity index (χ3n) is 5.56. The number of amides is 1. The number of methoxy groups -OCH3 is 2. The molecule has 1 atom stereocenters. The Bertz CT molecular complexity index is 964. The van der Waals surface area contributed by atoms with Gasteiger partial charge in [-0.1, -0.05) is 12.1 Å². The van der Waals surface area contributed by atoms with Crippen molar-refractivity contribution < 1.29 is 14.3 Å². The smallest absolute Gasteiger partial charge is 0.227 e. The molecule has 2 aromatic carbocycles. The van der Waals surface area contributed by atoms with Gasteiger partial charge in [0.25, 0.3) is 0 Å². The fourth-order valence-corrected chi connectivity index (χ4v) is 4.06. The number of nitrogens with zero attached hydrogens (tertiary/aromatic N) is 2. The van der Waals surface area contributed by atoms with Crippen LogP contribution in [0.1, 0.15) is 30.0 Å². The van der Waals surface area contributed by atoms with Crippen molar-refractivity contribution in [1.29, 1.82) is 0 Å². The lowest BCUT2D eigenvalue weighted by atomic mass is 10.0. The van der Waals surface area contributed by atoms with Crippen molar-refractivity contribution in [1.82, 2.24) is 9.47 Å². The lowest BCUT2D eigenvalue weighted by Crippen LogP contribution is -2.32. The maximum Gasteiger partial charge on any atom is 0.227 e. The van der Waals surface area contributed by atoms with E-state index in [2.05, 4.69) is 16.7 Å². The fraction of sp³-hybridized carbons (Fsp3) is 0.292. The number of carbonyl (C=O) groups is 1. The van der Waals surface area contributed by atoms with Gasteiger partial charge in [-0.2, -0.15) is 0 Å². The number of aromatic nitrogens is 1. The summed E-state index contributed by atoms with van der Waals surface area (Å²) in [7, 11) is 3.32. The van der Waals surface area contributed by atoms with E-state index in [0.717, 1.165) is 47.7 Å². The van der Waals surface area contributed by atoms with Crippen molar-refractivity contribution in [3.63, 3.8) is 0 Å². The molecule has 1 aliphatic rings. The van der Waals surface area contributed by atoms with Gasteiger partial charge >= 0.3 is 0 Å². The minimum absolute atomic E-state index is 0.0201. The molecule has 5 nitrogen and oxygen atoms in total. The van der Waals surface area contributed by atoms with E-state index in [4.69, 9.17) is 9.47 Å². The first-order valence-electron chi connectivity index (χ1n) is 9.93. The van der Waals surface area contributed by atoms with Gasteiger partial charge in [0.1, 0.15) is 11.5 Å². The van der Waals surface area contributed by atoms with E-state index in [1.54, 1.807) is 14.2 Å². The Kier molecular flexibility index (Phi) is 5.56. The van der Waals surface area contributed by atoms with Gasteiger partial charge in [-0.15, -0.1) is 0 Å². The van der Waals surface area contributed by atoms with Gasteiger partial charge < -0.3 is 18.9 Å². The molecule has 5 heteroatoms. The second-order valence-corrected chi connectivity index (χ2v) is 7.29. The molecule has 2 heterocycles. The zero-order valence-electron chi connectivity index (χ0n) is 16.9. The van der Waals surface area contributed by atoms with E-state index in [0.29, 0.717) is 6.42 Å². The first-order chi connectivity index (χ1) is 14.2. The van der Waals surface area contributed by atoms with E-state index in [1.807, 2.05) is 59.8 Å². The quantitative estimate of drug-likeness (QED) is 0.627. The van der Waals surface area contributed by atoms with Crippen molar-refractivity contribution in [3.8, 4) is 17.2 Å². The Morgan fingerprint density at radius 2 is 1.79 bits per heavy atom. The summed E-state index contributed by atoms with van der Waals surface area (Å²) in [6, 6.07) is 18.0. The number of benzene rings is 2. The number of likely N-dealkylation sites (tertiary alicyclic amines) is 1. The highest BCUT2D eigenvalue weighted by molar-refractivity contribution is 5.79. The lowest BCUT2D eigenvalue weighted by molar-refractivity contribution is -0.131. The van der Waals surface area contributed by atoms with Crippen LogP contribution < -0.4 is 9.47 Å². The molecule has 1 aliphatic heterocycles. The van der Waals surface area contributed by atoms with E-state index >= 15 is 0 Å². The average Bonchev–Trinajstić information content (AvgIpc) is 3.46. The standard InChI is InChI=1S/C24H26N2O3/c1-28-20-11-12-23(29-2)21(17-20)22-6-5-15-26(22)24(27)16-18-7-9-19(10-8-18)25-13-3-4-14-25/h3-4,7-14,17,22H,5-6,15-16H2,1-2H3. The summed E-state index contributed by atoms with van der Waals surface area (Å²) in [4.78, 5) is 15.1. The SMILES string of the molecule is COc1ccc(OC)c(C2CCCN2C(=O)Cc2ccc(-n3cccc3)cc2)c1. The highest BCUT2D eigenvalue weighted by Crippen LogP contribution is 2.39. The van der Waals surface area contributed by atoms with Crippen LogP contribution >= 0.6 is 0 Å². The Morgan fingerprint density at radius 3 is 2.48 bits per heavy atom. The summed E-state index contributed by atoms with van der Waals surface area (Å²) >= 11 is 0. The summed E-state index contributed by atoms with van der Waals surface area (Å²) in [5.74, 6) is 1.72. The Balaban J connectivity index is 1.51. The van der Waals surface area contributed by atoms with Crippen LogP contribution in [0.25, 0.3) is 5.69 Å². The second kappa shape index (κ2) is 8.43. The van der Waals surface area contributed by atoms with Crippen molar-refractivity contribution in [2.75, 3.05) is 20.8 Å². The molecular formula is C24H26N2O3. The molecule has 0 radical (unpaired) electrons. The zero-order chi connectivity index (χ0) is 20.2. The maximum absolute atomic E-state index is 13.1. The molecular weight excluding hydrogens is 364 g/mol. The molecule has 1 amide bonds. The van der Waals surface area contributed by atoms with Gasteiger partial charge in [-0.05, 0) is 60.9 Å². The van der Waals surface area contributed by atoms with Gasteiger partial charge in [0.2, 0.25) is 5.91 Å². The molecule has 4 rings (SSSR count). The second-order valence-electron chi connectivity index (χ2n) is 7.29. The van der Waals surface area contributed by atoms with E-state index in [9.17, 15) is 4.79 Å². The normalized spacial score (nSPS) is 16.1. The number of hydrogen-bond donors (Lipinski definition) is 0. The molecule has 150 valence electrons. The summed E-state index contributed by atoms with van der Waals surface area (Å²) < 4.78 is 13.0. The first-order valence-corrected chi connectivity index (χ1v) is 9.93. The molecule has 0 aliphatic carbocycles. The van der Waals surface area contributed by atoms with Gasteiger partial charge in [0.05, 0.1) is 26.7 Å². The topological polar surface area (TPSA) is 43.7 Å². The zero-order valence-corrected chi connectivity index (χ0v) is 16.9. The van der Waals surface area contributed by atoms with Crippen LogP contribution in [0.15, 0.2) is 67.0 Å². The highest BCUT2D eigenvalue weighted by atomic mass is 16.5. The van der Waals surface area contributed by atoms with Crippen LogP contribution in [-0.4, -0.2) is 36.1 Å². The lowest BCUT2D eigenvalue weighted by Gasteiger charge is -2.27. The van der Waals surface area contributed by atoms with Crippen LogP contribution in [0.2, 0.25) is 0 Å². The fourth-order valence-electron chi connectivity index (χ4n) is 4.06. The summed E-state index contributed by atoms with van der Waals surface area (Å²) in [5.41, 5.74) is 3.13. The molecule has 0 spiro atoms. The molecule has 0 bridgehead atoms. The Labute approximate surface area is 171 Å². The predicted octanol–water partition coefficient (Wildman–Crippen LogP) is 4.40. The number of rotatable bonds is 6. The number of hydrogen-bond acceptors (Lipinski definition) is 3. The van der Waals surface area contributed by atoms with Gasteiger partial charge in [0.15, 0.2) is 0 Å². The number of carbonyl (C=O) groups excluding carboxylic acids is 1.